The van der Waals surface area contributed by atoms with Crippen LogP contribution in [-0.4, -0.2) is 85.3 Å². The highest BCUT2D eigenvalue weighted by molar-refractivity contribution is 6.31. The Balaban J connectivity index is 0.00000541. The Morgan fingerprint density at radius 2 is 0.939 bits per heavy atom. The normalized spacial score (nSPS) is 14.0. The molecule has 0 aliphatic heterocycles. The summed E-state index contributed by atoms with van der Waals surface area (Å²) in [6, 6.07) is 24.4. The van der Waals surface area contributed by atoms with Crippen molar-refractivity contribution in [3.05, 3.63) is 129 Å². The van der Waals surface area contributed by atoms with Crippen LogP contribution >= 0.6 is 12.4 Å². The Labute approximate surface area is 292 Å². The van der Waals surface area contributed by atoms with Crippen LogP contribution in [0.1, 0.15) is 43.0 Å². The summed E-state index contributed by atoms with van der Waals surface area (Å²) >= 11 is 0. The second-order valence-electron chi connectivity index (χ2n) is 13.6. The molecule has 1 aliphatic carbocycles. The van der Waals surface area contributed by atoms with Crippen LogP contribution in [0.2, 0.25) is 0 Å². The van der Waals surface area contributed by atoms with E-state index in [9.17, 15) is 30.4 Å². The third-order valence-corrected chi connectivity index (χ3v) is 8.76. The maximum atomic E-state index is 13.9. The quantitative estimate of drug-likeness (QED) is 0.0767. The van der Waals surface area contributed by atoms with Crippen LogP contribution in [0.4, 0.5) is 22.7 Å². The standard InChI is InChI=1S/C36H42N6O6.ClH/c1-41(2,23-25-9-13-27(14-10-25)39(45)46)21-19-37-31-17-18-32(34-33(31)35(43)29-7-5-6-8-30(29)36(34)44)38-20-22-42(3,4)24-26-11-15-28(16-12-26)40(47)48;/h5-18,39-40,45,47H,19-24H2,1-4H3;1H/p+2. The zero-order valence-corrected chi connectivity index (χ0v) is 29.0. The van der Waals surface area contributed by atoms with E-state index in [0.717, 1.165) is 11.1 Å². The number of nitrogens with zero attached hydrogens (tertiary/aromatic N) is 2. The first-order valence-electron chi connectivity index (χ1n) is 15.9. The lowest BCUT2D eigenvalue weighted by Gasteiger charge is -2.31. The molecule has 2 unspecified atom stereocenters. The summed E-state index contributed by atoms with van der Waals surface area (Å²) in [6.45, 7) is 3.88. The summed E-state index contributed by atoms with van der Waals surface area (Å²) in [5, 5.41) is 45.8. The molecule has 1 aliphatic rings. The molecule has 4 aromatic carbocycles. The van der Waals surface area contributed by atoms with Gasteiger partial charge in [-0.1, -0.05) is 24.3 Å². The largest absolute Gasteiger partial charge is 0.595 e. The first kappa shape index (κ1) is 37.6. The molecule has 0 bridgehead atoms. The van der Waals surface area contributed by atoms with Gasteiger partial charge in [-0.05, 0) is 36.4 Å². The Bertz CT molecular complexity index is 1650. The lowest BCUT2D eigenvalue weighted by Crippen LogP contribution is -2.99. The predicted octanol–water partition coefficient (Wildman–Crippen LogP) is 3.07. The van der Waals surface area contributed by atoms with E-state index < -0.39 is 10.5 Å². The van der Waals surface area contributed by atoms with E-state index in [4.69, 9.17) is 0 Å². The number of rotatable bonds is 14. The van der Waals surface area contributed by atoms with E-state index in [1.165, 1.54) is 0 Å². The molecule has 0 saturated carbocycles. The van der Waals surface area contributed by atoms with Crippen LogP contribution in [0.3, 0.4) is 0 Å². The summed E-state index contributed by atoms with van der Waals surface area (Å²) in [5.74, 6) is -0.390. The number of quaternary nitrogens is 4. The third kappa shape index (κ3) is 9.08. The fourth-order valence-electron chi connectivity index (χ4n) is 6.16. The molecule has 0 saturated heterocycles. The van der Waals surface area contributed by atoms with Crippen LogP contribution in [0, 0.1) is 10.4 Å². The van der Waals surface area contributed by atoms with Gasteiger partial charge in [0.25, 0.3) is 0 Å². The highest BCUT2D eigenvalue weighted by Crippen LogP contribution is 2.36. The molecule has 0 fully saturated rings. The summed E-state index contributed by atoms with van der Waals surface area (Å²) in [7, 11) is 8.35. The number of benzene rings is 4. The minimum absolute atomic E-state index is 0. The zero-order valence-electron chi connectivity index (χ0n) is 28.2. The molecule has 0 aromatic heterocycles. The lowest BCUT2D eigenvalue weighted by molar-refractivity contribution is -0.991. The molecule has 6 N–H and O–H groups in total. The van der Waals surface area contributed by atoms with Gasteiger partial charge < -0.3 is 30.0 Å². The molecule has 5 rings (SSSR count). The van der Waals surface area contributed by atoms with Crippen LogP contribution in [0.25, 0.3) is 0 Å². The topological polar surface area (TPSA) is 154 Å². The molecule has 0 amide bonds. The molecule has 2 atom stereocenters. The molecule has 0 heterocycles. The van der Waals surface area contributed by atoms with Gasteiger partial charge in [0.1, 0.15) is 13.1 Å². The second kappa shape index (κ2) is 15.6. The maximum absolute atomic E-state index is 13.9. The number of anilines is 2. The Hall–Kier alpha value is -4.21. The highest BCUT2D eigenvalue weighted by Gasteiger charge is 2.34. The van der Waals surface area contributed by atoms with Gasteiger partial charge in [-0.2, -0.15) is 10.5 Å². The average Bonchev–Trinajstić information content (AvgIpc) is 3.04. The van der Waals surface area contributed by atoms with E-state index >= 15 is 0 Å². The smallest absolute Gasteiger partial charge is 0.196 e. The minimum atomic E-state index is -0.954. The van der Waals surface area contributed by atoms with Gasteiger partial charge in [-0.25, -0.2) is 10.4 Å². The summed E-state index contributed by atoms with van der Waals surface area (Å²) in [4.78, 5) is 27.8. The van der Waals surface area contributed by atoms with Crippen molar-refractivity contribution in [2.45, 2.75) is 13.1 Å². The molecule has 49 heavy (non-hydrogen) atoms. The van der Waals surface area contributed by atoms with E-state index in [2.05, 4.69) is 38.8 Å². The van der Waals surface area contributed by atoms with Crippen LogP contribution < -0.4 is 21.1 Å². The fourth-order valence-corrected chi connectivity index (χ4v) is 6.16. The maximum Gasteiger partial charge on any atom is 0.196 e. The summed E-state index contributed by atoms with van der Waals surface area (Å²) in [5.41, 5.74) is 5.27. The van der Waals surface area contributed by atoms with Gasteiger partial charge in [0.15, 0.2) is 22.9 Å². The summed E-state index contributed by atoms with van der Waals surface area (Å²) < 4.78 is 1.24. The molecule has 12 nitrogen and oxygen atoms in total. The Kier molecular flexibility index (Phi) is 11.9. The van der Waals surface area contributed by atoms with Crippen molar-refractivity contribution in [1.29, 1.82) is 0 Å². The molecule has 13 heteroatoms. The lowest BCUT2D eigenvalue weighted by atomic mass is 9.82. The minimum Gasteiger partial charge on any atom is -0.595 e. The number of carbonyl (C=O) groups excluding carboxylic acids is 2. The average molecular weight is 693 g/mol. The van der Waals surface area contributed by atoms with Crippen molar-refractivity contribution in [2.75, 3.05) is 65.0 Å². The number of nitrogens with one attached hydrogen (secondary N) is 4. The first-order chi connectivity index (χ1) is 22.7. The highest BCUT2D eigenvalue weighted by atomic mass is 35.5. The number of likely N-dealkylation sites (N-methyl/N-ethyl adjacent to an activating group) is 2. The van der Waals surface area contributed by atoms with Crippen LogP contribution in [0.5, 0.6) is 0 Å². The van der Waals surface area contributed by atoms with Gasteiger partial charge in [-0.15, -0.1) is 12.4 Å². The van der Waals surface area contributed by atoms with Crippen molar-refractivity contribution < 1.29 is 39.4 Å². The third-order valence-electron chi connectivity index (χ3n) is 8.76. The number of ketones is 2. The van der Waals surface area contributed by atoms with Crippen molar-refractivity contribution in [2.24, 2.45) is 0 Å². The molecule has 260 valence electrons. The SMILES string of the molecule is C[N+](C)(CCNc1ccc(NCC[N+](C)(C)Cc2ccc([NH+]([O-])O)cc2)c2c1C(=O)c1ccccc1C2=O)Cc1ccc([NH+]([O-])O)cc1.Cl. The van der Waals surface area contributed by atoms with Gasteiger partial charge in [-0.3, -0.25) is 9.59 Å². The molecule has 0 spiro atoms. The predicted molar refractivity (Wildman–Crippen MR) is 190 cm³/mol. The van der Waals surface area contributed by atoms with Crippen molar-refractivity contribution >= 4 is 46.7 Å². The van der Waals surface area contributed by atoms with Crippen molar-refractivity contribution in [3.63, 3.8) is 0 Å². The molecule has 0 radical (unpaired) electrons. The second-order valence-corrected chi connectivity index (χ2v) is 13.6. The molecular weight excluding hydrogens is 648 g/mol. The molecular formula is C36H45ClN6O6+2. The zero-order chi connectivity index (χ0) is 34.6. The van der Waals surface area contributed by atoms with E-state index in [1.54, 1.807) is 48.5 Å². The number of fused-ring (bicyclic) bond motifs is 2. The van der Waals surface area contributed by atoms with Gasteiger partial charge in [0.2, 0.25) is 0 Å². The fraction of sp³-hybridized carbons (Fsp3) is 0.278. The van der Waals surface area contributed by atoms with Crippen LogP contribution in [0.15, 0.2) is 84.9 Å². The molecule has 4 aromatic rings. The van der Waals surface area contributed by atoms with Gasteiger partial charge in [0.05, 0.1) is 65.5 Å². The monoisotopic (exact) mass is 692 g/mol. The van der Waals surface area contributed by atoms with Gasteiger partial charge in [0, 0.05) is 57.9 Å². The van der Waals surface area contributed by atoms with E-state index in [-0.39, 0.29) is 35.3 Å². The number of hydrogen-bond acceptors (Lipinski definition) is 8. The summed E-state index contributed by atoms with van der Waals surface area (Å²) in [6.07, 6.45) is 0. The Morgan fingerprint density at radius 3 is 1.27 bits per heavy atom. The van der Waals surface area contributed by atoms with Crippen molar-refractivity contribution in [3.8, 4) is 0 Å². The number of halogens is 1. The number of carbonyl (C=O) groups is 2. The first-order valence-corrected chi connectivity index (χ1v) is 15.9. The van der Waals surface area contributed by atoms with Crippen molar-refractivity contribution in [1.82, 2.24) is 0 Å². The van der Waals surface area contributed by atoms with E-state index in [1.807, 2.05) is 36.4 Å². The van der Waals surface area contributed by atoms with E-state index in [0.29, 0.717) is 81.9 Å². The Morgan fingerprint density at radius 1 is 0.592 bits per heavy atom. The number of hydrogen-bond donors (Lipinski definition) is 6. The van der Waals surface area contributed by atoms with Crippen LogP contribution in [-0.2, 0) is 13.1 Å². The van der Waals surface area contributed by atoms with Gasteiger partial charge >= 0.3 is 0 Å².